The van der Waals surface area contributed by atoms with E-state index >= 15 is 0 Å². The third-order valence-corrected chi connectivity index (χ3v) is 2.24. The van der Waals surface area contributed by atoms with Crippen LogP contribution >= 0.6 is 0 Å². The van der Waals surface area contributed by atoms with Gasteiger partial charge in [0.15, 0.2) is 0 Å². The van der Waals surface area contributed by atoms with E-state index in [4.69, 9.17) is 0 Å². The highest BCUT2D eigenvalue weighted by Crippen LogP contribution is 2.14. The number of halogens is 2. The first-order valence-corrected chi connectivity index (χ1v) is 4.71. The molecule has 1 saturated heterocycles. The van der Waals surface area contributed by atoms with Crippen LogP contribution in [0, 0.1) is 0 Å². The Morgan fingerprint density at radius 2 is 2.07 bits per heavy atom. The lowest BCUT2D eigenvalue weighted by Gasteiger charge is -2.28. The summed E-state index contributed by atoms with van der Waals surface area (Å²) in [5.74, 6) is -0.751. The average Bonchev–Trinajstić information content (AvgIpc) is 2.16. The molecule has 1 heterocycles. The Bertz CT molecular complexity index is 279. The molecule has 0 unspecified atom stereocenters. The Morgan fingerprint density at radius 3 is 2.60 bits per heavy atom. The minimum atomic E-state index is -2.57. The van der Waals surface area contributed by atoms with E-state index in [-0.39, 0.29) is 18.9 Å². The van der Waals surface area contributed by atoms with Gasteiger partial charge in [0.1, 0.15) is 5.54 Å². The van der Waals surface area contributed by atoms with Gasteiger partial charge in [0, 0.05) is 13.0 Å². The Kier molecular flexibility index (Phi) is 3.26. The van der Waals surface area contributed by atoms with Crippen molar-refractivity contribution in [1.29, 1.82) is 0 Å². The molecule has 0 aromatic carbocycles. The van der Waals surface area contributed by atoms with Gasteiger partial charge in [0.05, 0.1) is 6.54 Å². The van der Waals surface area contributed by atoms with Crippen LogP contribution in [0.25, 0.3) is 0 Å². The van der Waals surface area contributed by atoms with E-state index in [2.05, 4.69) is 5.32 Å². The zero-order valence-corrected chi connectivity index (χ0v) is 8.72. The molecule has 0 aromatic heterocycles. The summed E-state index contributed by atoms with van der Waals surface area (Å²) in [6, 6.07) is 0. The second-order valence-electron chi connectivity index (χ2n) is 4.07. The Labute approximate surface area is 86.6 Å². The first kappa shape index (κ1) is 11.9. The molecule has 0 atom stereocenters. The van der Waals surface area contributed by atoms with Crippen LogP contribution in [0.1, 0.15) is 20.3 Å². The number of nitrogens with zero attached hydrogens (tertiary/aromatic N) is 1. The lowest BCUT2D eigenvalue weighted by molar-refractivity contribution is -0.138. The van der Waals surface area contributed by atoms with Crippen molar-refractivity contribution in [3.05, 3.63) is 0 Å². The number of carbonyl (C=O) groups is 2. The molecule has 2 amide bonds. The highest BCUT2D eigenvalue weighted by atomic mass is 19.3. The van der Waals surface area contributed by atoms with Crippen molar-refractivity contribution in [1.82, 2.24) is 10.2 Å². The van der Waals surface area contributed by atoms with Gasteiger partial charge in [-0.15, -0.1) is 0 Å². The van der Waals surface area contributed by atoms with E-state index in [1.54, 1.807) is 0 Å². The van der Waals surface area contributed by atoms with E-state index in [1.165, 1.54) is 13.8 Å². The minimum absolute atomic E-state index is 0.0540. The largest absolute Gasteiger partial charge is 0.342 e. The molecule has 1 fully saturated rings. The third kappa shape index (κ3) is 2.87. The predicted molar refractivity (Wildman–Crippen MR) is 49.4 cm³/mol. The van der Waals surface area contributed by atoms with Crippen molar-refractivity contribution >= 4 is 11.8 Å². The molecule has 1 rings (SSSR count). The number of carbonyl (C=O) groups excluding carboxylic acids is 2. The molecule has 0 aliphatic carbocycles. The second-order valence-corrected chi connectivity index (χ2v) is 4.07. The van der Waals surface area contributed by atoms with Crippen molar-refractivity contribution in [3.8, 4) is 0 Å². The topological polar surface area (TPSA) is 49.4 Å². The van der Waals surface area contributed by atoms with Crippen LogP contribution in [0.3, 0.4) is 0 Å². The molecule has 6 heteroatoms. The summed E-state index contributed by atoms with van der Waals surface area (Å²) in [7, 11) is 0. The van der Waals surface area contributed by atoms with Crippen molar-refractivity contribution in [2.75, 3.05) is 13.1 Å². The standard InChI is InChI=1S/C9H14F2N2O2/c1-9(2)8(15)13(5-6(10)11)4-3-7(14)12-9/h6H,3-5H2,1-2H3,(H,12,14). The van der Waals surface area contributed by atoms with Crippen molar-refractivity contribution in [2.45, 2.75) is 32.2 Å². The summed E-state index contributed by atoms with van der Waals surface area (Å²) < 4.78 is 24.4. The number of amides is 2. The number of nitrogens with one attached hydrogen (secondary N) is 1. The van der Waals surface area contributed by atoms with Gasteiger partial charge in [-0.25, -0.2) is 8.78 Å². The number of hydrogen-bond donors (Lipinski definition) is 1. The highest BCUT2D eigenvalue weighted by Gasteiger charge is 2.37. The van der Waals surface area contributed by atoms with Crippen molar-refractivity contribution in [3.63, 3.8) is 0 Å². The molecule has 4 nitrogen and oxygen atoms in total. The fourth-order valence-corrected chi connectivity index (χ4v) is 1.54. The van der Waals surface area contributed by atoms with E-state index in [0.29, 0.717) is 0 Å². The normalized spacial score (nSPS) is 21.5. The zero-order chi connectivity index (χ0) is 11.6. The number of rotatable bonds is 2. The van der Waals surface area contributed by atoms with Crippen LogP contribution in [0.4, 0.5) is 8.78 Å². The maximum absolute atomic E-state index is 12.2. The van der Waals surface area contributed by atoms with E-state index in [1.807, 2.05) is 0 Å². The quantitative estimate of drug-likeness (QED) is 0.731. The van der Waals surface area contributed by atoms with Gasteiger partial charge in [-0.3, -0.25) is 9.59 Å². The molecule has 0 spiro atoms. The predicted octanol–water partition coefficient (Wildman–Crippen LogP) is 0.379. The molecule has 1 N–H and O–H groups in total. The Hall–Kier alpha value is -1.20. The minimum Gasteiger partial charge on any atom is -0.342 e. The molecule has 1 aliphatic rings. The fraction of sp³-hybridized carbons (Fsp3) is 0.778. The zero-order valence-electron chi connectivity index (χ0n) is 8.72. The van der Waals surface area contributed by atoms with Crippen LogP contribution in [-0.4, -0.2) is 41.8 Å². The van der Waals surface area contributed by atoms with Gasteiger partial charge >= 0.3 is 0 Å². The van der Waals surface area contributed by atoms with Gasteiger partial charge in [-0.05, 0) is 13.8 Å². The van der Waals surface area contributed by atoms with Gasteiger partial charge in [0.25, 0.3) is 6.43 Å². The lowest BCUT2D eigenvalue weighted by Crippen LogP contribution is -2.53. The van der Waals surface area contributed by atoms with E-state index < -0.39 is 24.4 Å². The smallest absolute Gasteiger partial charge is 0.255 e. The number of alkyl halides is 2. The maximum Gasteiger partial charge on any atom is 0.255 e. The van der Waals surface area contributed by atoms with E-state index in [9.17, 15) is 18.4 Å². The highest BCUT2D eigenvalue weighted by molar-refractivity contribution is 5.92. The van der Waals surface area contributed by atoms with Crippen LogP contribution in [0.5, 0.6) is 0 Å². The summed E-state index contributed by atoms with van der Waals surface area (Å²) >= 11 is 0. The lowest BCUT2D eigenvalue weighted by atomic mass is 10.0. The Morgan fingerprint density at radius 1 is 1.47 bits per heavy atom. The first-order chi connectivity index (χ1) is 6.83. The first-order valence-electron chi connectivity index (χ1n) is 4.71. The molecule has 0 aromatic rings. The second kappa shape index (κ2) is 4.12. The maximum atomic E-state index is 12.2. The SMILES string of the molecule is CC1(C)NC(=O)CCN(CC(F)F)C1=O. The number of hydrogen-bond acceptors (Lipinski definition) is 2. The van der Waals surface area contributed by atoms with Gasteiger partial charge in [-0.2, -0.15) is 0 Å². The molecular formula is C9H14F2N2O2. The molecule has 0 saturated carbocycles. The van der Waals surface area contributed by atoms with Crippen LogP contribution in [0.15, 0.2) is 0 Å². The van der Waals surface area contributed by atoms with Crippen molar-refractivity contribution < 1.29 is 18.4 Å². The summed E-state index contributed by atoms with van der Waals surface area (Å²) in [5.41, 5.74) is -1.09. The molecule has 1 aliphatic heterocycles. The van der Waals surface area contributed by atoms with E-state index in [0.717, 1.165) is 4.90 Å². The van der Waals surface area contributed by atoms with Crippen molar-refractivity contribution in [2.24, 2.45) is 0 Å². The van der Waals surface area contributed by atoms with Gasteiger partial charge < -0.3 is 10.2 Å². The molecule has 86 valence electrons. The molecule has 15 heavy (non-hydrogen) atoms. The average molecular weight is 220 g/mol. The summed E-state index contributed by atoms with van der Waals surface area (Å²) in [6.07, 6.45) is -2.50. The molecule has 0 bridgehead atoms. The fourth-order valence-electron chi connectivity index (χ4n) is 1.54. The third-order valence-electron chi connectivity index (χ3n) is 2.24. The van der Waals surface area contributed by atoms with Crippen LogP contribution in [-0.2, 0) is 9.59 Å². The summed E-state index contributed by atoms with van der Waals surface area (Å²) in [6.45, 7) is 2.46. The van der Waals surface area contributed by atoms with Gasteiger partial charge in [0.2, 0.25) is 11.8 Å². The summed E-state index contributed by atoms with van der Waals surface area (Å²) in [5, 5.41) is 2.50. The Balaban J connectivity index is 2.81. The van der Waals surface area contributed by atoms with Crippen LogP contribution in [0.2, 0.25) is 0 Å². The monoisotopic (exact) mass is 220 g/mol. The molecular weight excluding hydrogens is 206 g/mol. The van der Waals surface area contributed by atoms with Crippen LogP contribution < -0.4 is 5.32 Å². The summed E-state index contributed by atoms with van der Waals surface area (Å²) in [4.78, 5) is 24.0. The van der Waals surface area contributed by atoms with Gasteiger partial charge in [-0.1, -0.05) is 0 Å². The molecule has 0 radical (unpaired) electrons.